The van der Waals surface area contributed by atoms with Crippen LogP contribution in [0.4, 0.5) is 4.39 Å². The van der Waals surface area contributed by atoms with Crippen LogP contribution in [-0.2, 0) is 9.53 Å². The first-order valence-corrected chi connectivity index (χ1v) is 10.0. The van der Waals surface area contributed by atoms with Crippen LogP contribution >= 0.6 is 0 Å². The van der Waals surface area contributed by atoms with Gasteiger partial charge in [0.15, 0.2) is 0 Å². The van der Waals surface area contributed by atoms with Gasteiger partial charge in [0.05, 0.1) is 12.2 Å². The molecule has 1 atom stereocenters. The highest BCUT2D eigenvalue weighted by Gasteiger charge is 2.24. The van der Waals surface area contributed by atoms with E-state index in [1.165, 1.54) is 12.1 Å². The molecular weight excluding hydrogens is 369 g/mol. The summed E-state index contributed by atoms with van der Waals surface area (Å²) >= 11 is 0. The largest absolute Gasteiger partial charge is 0.499 e. The van der Waals surface area contributed by atoms with E-state index in [0.29, 0.717) is 19.7 Å². The lowest BCUT2D eigenvalue weighted by Gasteiger charge is -2.30. The van der Waals surface area contributed by atoms with Gasteiger partial charge in [-0.2, -0.15) is 0 Å². The van der Waals surface area contributed by atoms with Gasteiger partial charge in [-0.15, -0.1) is 0 Å². The van der Waals surface area contributed by atoms with Crippen molar-refractivity contribution in [2.24, 2.45) is 5.92 Å². The van der Waals surface area contributed by atoms with Crippen LogP contribution < -0.4 is 0 Å². The second-order valence-electron chi connectivity index (χ2n) is 7.65. The number of halogens is 1. The van der Waals surface area contributed by atoms with Crippen LogP contribution in [-0.4, -0.2) is 42.2 Å². The number of benzene rings is 2. The lowest BCUT2D eigenvalue weighted by atomic mass is 9.92. The number of carboxylic acids is 1. The minimum Gasteiger partial charge on any atom is -0.499 e. The van der Waals surface area contributed by atoms with Gasteiger partial charge in [0.2, 0.25) is 0 Å². The monoisotopic (exact) mass is 397 g/mol. The van der Waals surface area contributed by atoms with E-state index in [1.54, 1.807) is 12.3 Å². The maximum atomic E-state index is 13.6. The molecule has 0 amide bonds. The Morgan fingerprint density at radius 1 is 1.21 bits per heavy atom. The fourth-order valence-corrected chi connectivity index (χ4v) is 3.86. The summed E-state index contributed by atoms with van der Waals surface area (Å²) in [6.45, 7) is 6.57. The fourth-order valence-electron chi connectivity index (χ4n) is 3.86. The molecule has 2 aromatic rings. The zero-order valence-corrected chi connectivity index (χ0v) is 17.0. The van der Waals surface area contributed by atoms with E-state index in [-0.39, 0.29) is 11.7 Å². The van der Waals surface area contributed by atoms with Gasteiger partial charge in [-0.1, -0.05) is 30.3 Å². The third-order valence-corrected chi connectivity index (χ3v) is 5.50. The van der Waals surface area contributed by atoms with Crippen LogP contribution in [0.25, 0.3) is 5.57 Å². The number of piperidine rings is 1. The molecule has 29 heavy (non-hydrogen) atoms. The lowest BCUT2D eigenvalue weighted by molar-refractivity contribution is -0.143. The van der Waals surface area contributed by atoms with Crippen LogP contribution in [0.5, 0.6) is 0 Å². The summed E-state index contributed by atoms with van der Waals surface area (Å²) in [4.78, 5) is 13.4. The number of aliphatic carboxylic acids is 1. The molecule has 5 heteroatoms. The first-order valence-electron chi connectivity index (χ1n) is 10.0. The summed E-state index contributed by atoms with van der Waals surface area (Å²) in [6, 6.07) is 12.8. The molecule has 0 aromatic heterocycles. The molecule has 0 unspecified atom stereocenters. The molecule has 0 radical (unpaired) electrons. The normalized spacial score (nSPS) is 17.9. The molecule has 1 aliphatic rings. The zero-order valence-electron chi connectivity index (χ0n) is 17.0. The zero-order chi connectivity index (χ0) is 20.8. The lowest BCUT2D eigenvalue weighted by Crippen LogP contribution is -2.40. The van der Waals surface area contributed by atoms with Gasteiger partial charge in [0.25, 0.3) is 0 Å². The highest BCUT2D eigenvalue weighted by molar-refractivity contribution is 5.82. The van der Waals surface area contributed by atoms with Crippen molar-refractivity contribution in [2.45, 2.75) is 26.7 Å². The summed E-state index contributed by atoms with van der Waals surface area (Å²) < 4.78 is 19.5. The summed E-state index contributed by atoms with van der Waals surface area (Å²) in [5, 5.41) is 9.23. The number of hydrogen-bond donors (Lipinski definition) is 1. The molecule has 0 aliphatic carbocycles. The Labute approximate surface area is 171 Å². The smallest absolute Gasteiger partial charge is 0.307 e. The SMILES string of the molecule is Cc1ccccc1C(=COCCN1CCC[C@@H](C(=O)O)C1)c1ccc(F)cc1C. The molecule has 0 saturated carbocycles. The molecule has 1 fully saturated rings. The Morgan fingerprint density at radius 3 is 2.69 bits per heavy atom. The van der Waals surface area contributed by atoms with Gasteiger partial charge in [0, 0.05) is 18.7 Å². The van der Waals surface area contributed by atoms with E-state index >= 15 is 0 Å². The van der Waals surface area contributed by atoms with Crippen molar-refractivity contribution in [3.05, 3.63) is 76.8 Å². The van der Waals surface area contributed by atoms with Crippen LogP contribution in [0.3, 0.4) is 0 Å². The van der Waals surface area contributed by atoms with Crippen LogP contribution in [0.1, 0.15) is 35.1 Å². The maximum absolute atomic E-state index is 13.6. The number of carbonyl (C=O) groups is 1. The Kier molecular flexibility index (Phi) is 7.04. The van der Waals surface area contributed by atoms with E-state index in [2.05, 4.69) is 4.90 Å². The molecule has 1 aliphatic heterocycles. The average molecular weight is 397 g/mol. The van der Waals surface area contributed by atoms with Crippen molar-refractivity contribution in [3.63, 3.8) is 0 Å². The van der Waals surface area contributed by atoms with E-state index < -0.39 is 5.97 Å². The quantitative estimate of drug-likeness (QED) is 0.546. The van der Waals surface area contributed by atoms with Gasteiger partial charge in [-0.05, 0) is 67.6 Å². The third-order valence-electron chi connectivity index (χ3n) is 5.50. The Bertz CT molecular complexity index is 893. The molecule has 1 saturated heterocycles. The van der Waals surface area contributed by atoms with E-state index in [9.17, 15) is 14.3 Å². The molecule has 154 valence electrons. The van der Waals surface area contributed by atoms with Crippen molar-refractivity contribution >= 4 is 11.5 Å². The number of nitrogens with zero attached hydrogens (tertiary/aromatic N) is 1. The summed E-state index contributed by atoms with van der Waals surface area (Å²) in [5.74, 6) is -1.26. The Morgan fingerprint density at radius 2 is 1.97 bits per heavy atom. The van der Waals surface area contributed by atoms with Crippen molar-refractivity contribution in [2.75, 3.05) is 26.2 Å². The fraction of sp³-hybridized carbons (Fsp3) is 0.375. The van der Waals surface area contributed by atoms with Crippen molar-refractivity contribution < 1.29 is 19.0 Å². The minimum absolute atomic E-state index is 0.255. The first-order chi connectivity index (χ1) is 14.0. The van der Waals surface area contributed by atoms with E-state index in [0.717, 1.165) is 47.2 Å². The topological polar surface area (TPSA) is 49.8 Å². The van der Waals surface area contributed by atoms with E-state index in [1.807, 2.05) is 38.1 Å². The molecule has 0 spiro atoms. The predicted octanol–water partition coefficient (Wildman–Crippen LogP) is 4.64. The van der Waals surface area contributed by atoms with Crippen LogP contribution in [0, 0.1) is 25.6 Å². The van der Waals surface area contributed by atoms with Gasteiger partial charge >= 0.3 is 5.97 Å². The minimum atomic E-state index is -0.718. The number of hydrogen-bond acceptors (Lipinski definition) is 3. The number of aryl methyl sites for hydroxylation is 2. The van der Waals surface area contributed by atoms with Crippen molar-refractivity contribution in [1.82, 2.24) is 4.90 Å². The number of likely N-dealkylation sites (tertiary alicyclic amines) is 1. The average Bonchev–Trinajstić information content (AvgIpc) is 2.70. The molecule has 1 N–H and O–H groups in total. The van der Waals surface area contributed by atoms with Crippen LogP contribution in [0.15, 0.2) is 48.7 Å². The summed E-state index contributed by atoms with van der Waals surface area (Å²) in [6.07, 6.45) is 3.39. The summed E-state index contributed by atoms with van der Waals surface area (Å²) in [5.41, 5.74) is 4.87. The van der Waals surface area contributed by atoms with Gasteiger partial charge in [0.1, 0.15) is 12.4 Å². The van der Waals surface area contributed by atoms with Crippen molar-refractivity contribution in [3.8, 4) is 0 Å². The number of carboxylic acid groups (broad SMARTS) is 1. The number of ether oxygens (including phenoxy) is 1. The second-order valence-corrected chi connectivity index (χ2v) is 7.65. The highest BCUT2D eigenvalue weighted by atomic mass is 19.1. The second kappa shape index (κ2) is 9.70. The summed E-state index contributed by atoms with van der Waals surface area (Å²) in [7, 11) is 0. The van der Waals surface area contributed by atoms with Gasteiger partial charge < -0.3 is 9.84 Å². The predicted molar refractivity (Wildman–Crippen MR) is 112 cm³/mol. The Hall–Kier alpha value is -2.66. The third kappa shape index (κ3) is 5.45. The molecule has 1 heterocycles. The van der Waals surface area contributed by atoms with Gasteiger partial charge in [-0.3, -0.25) is 9.69 Å². The standard InChI is InChI=1S/C24H28FNO3/c1-17-6-3-4-8-21(17)23(22-10-9-20(25)14-18(22)2)16-29-13-12-26-11-5-7-19(15-26)24(27)28/h3-4,6,8-10,14,16,19H,5,7,11-13,15H2,1-2H3,(H,27,28)/t19-/m1/s1. The number of rotatable bonds is 7. The molecule has 0 bridgehead atoms. The van der Waals surface area contributed by atoms with Crippen molar-refractivity contribution in [1.29, 1.82) is 0 Å². The van der Waals surface area contributed by atoms with E-state index in [4.69, 9.17) is 4.74 Å². The molecule has 2 aromatic carbocycles. The first kappa shape index (κ1) is 21.1. The maximum Gasteiger partial charge on any atom is 0.307 e. The van der Waals surface area contributed by atoms with Crippen LogP contribution in [0.2, 0.25) is 0 Å². The molecular formula is C24H28FNO3. The molecule has 3 rings (SSSR count). The van der Waals surface area contributed by atoms with Gasteiger partial charge in [-0.25, -0.2) is 4.39 Å². The Balaban J connectivity index is 1.74. The highest BCUT2D eigenvalue weighted by Crippen LogP contribution is 2.29. The molecule has 4 nitrogen and oxygen atoms in total.